The number of hydrogen-bond acceptors (Lipinski definition) is 4. The molecule has 0 amide bonds. The number of carbonyl (C=O) groups excluding carboxylic acids is 1. The summed E-state index contributed by atoms with van der Waals surface area (Å²) < 4.78 is 13.3. The van der Waals surface area contributed by atoms with Crippen LogP contribution >= 0.6 is 0 Å². The molecule has 0 N–H and O–H groups in total. The Morgan fingerprint density at radius 1 is 1.24 bits per heavy atom. The predicted molar refractivity (Wildman–Crippen MR) is 95.7 cm³/mol. The van der Waals surface area contributed by atoms with Gasteiger partial charge in [-0.3, -0.25) is 9.59 Å². The summed E-state index contributed by atoms with van der Waals surface area (Å²) in [7, 11) is 0. The van der Waals surface area contributed by atoms with Crippen molar-refractivity contribution >= 4 is 22.8 Å². The highest BCUT2D eigenvalue weighted by molar-refractivity contribution is 5.95. The maximum Gasteiger partial charge on any atom is 0.251 e. The molecular weight excluding hydrogens is 318 g/mol. The van der Waals surface area contributed by atoms with Gasteiger partial charge in [-0.1, -0.05) is 6.08 Å². The summed E-state index contributed by atoms with van der Waals surface area (Å²) in [6, 6.07) is 7.19. The lowest BCUT2D eigenvalue weighted by molar-refractivity contribution is -0.159. The Balaban J connectivity index is 1.85. The molecule has 0 saturated carbocycles. The molecular formula is C20H21NO4. The molecule has 2 aliphatic rings. The normalized spacial score (nSPS) is 19.3. The number of aldehydes is 1. The second kappa shape index (κ2) is 6.24. The molecule has 1 fully saturated rings. The van der Waals surface area contributed by atoms with E-state index in [2.05, 4.69) is 6.08 Å². The summed E-state index contributed by atoms with van der Waals surface area (Å²) >= 11 is 0. The molecule has 2 aromatic rings. The van der Waals surface area contributed by atoms with E-state index in [1.54, 1.807) is 16.7 Å². The highest BCUT2D eigenvalue weighted by Crippen LogP contribution is 2.39. The van der Waals surface area contributed by atoms with E-state index in [0.717, 1.165) is 41.2 Å². The first-order chi connectivity index (χ1) is 12.2. The van der Waals surface area contributed by atoms with E-state index in [9.17, 15) is 9.59 Å². The number of nitrogens with zero attached hydrogens (tertiary/aromatic N) is 1. The van der Waals surface area contributed by atoms with Crippen LogP contribution in [0.25, 0.3) is 16.5 Å². The Kier molecular flexibility index (Phi) is 4.06. The summed E-state index contributed by atoms with van der Waals surface area (Å²) in [4.78, 5) is 23.8. The number of allylic oxidation sites excluding steroid dienone is 1. The van der Waals surface area contributed by atoms with Crippen LogP contribution in [0, 0.1) is 0 Å². The summed E-state index contributed by atoms with van der Waals surface area (Å²) in [5.41, 5.74) is 3.51. The van der Waals surface area contributed by atoms with Gasteiger partial charge in [-0.05, 0) is 42.7 Å². The number of benzene rings is 1. The number of carbonyl (C=O) groups is 1. The van der Waals surface area contributed by atoms with Gasteiger partial charge in [-0.15, -0.1) is 0 Å². The lowest BCUT2D eigenvalue weighted by Crippen LogP contribution is -2.31. The van der Waals surface area contributed by atoms with Crippen LogP contribution in [-0.4, -0.2) is 29.9 Å². The van der Waals surface area contributed by atoms with Crippen molar-refractivity contribution in [2.75, 3.05) is 13.2 Å². The third kappa shape index (κ3) is 2.73. The standard InChI is InChI=1S/C20H21NO4/c1-2-21-18-4-3-14(13-22)11-17(18)16(12-19(21)23)15-5-7-20(8-6-15)24-9-10-25-20/h3-5,11-13H,2,6-10H2,1H3. The number of fused-ring (bicyclic) bond motifs is 1. The molecule has 0 atom stereocenters. The smallest absolute Gasteiger partial charge is 0.251 e. The fraction of sp³-hybridized carbons (Fsp3) is 0.400. The summed E-state index contributed by atoms with van der Waals surface area (Å²) in [5.74, 6) is -0.480. The number of hydrogen-bond donors (Lipinski definition) is 0. The fourth-order valence-corrected chi connectivity index (χ4v) is 3.88. The van der Waals surface area contributed by atoms with E-state index in [-0.39, 0.29) is 5.56 Å². The minimum Gasteiger partial charge on any atom is -0.347 e. The van der Waals surface area contributed by atoms with Crippen LogP contribution in [0.3, 0.4) is 0 Å². The first kappa shape index (κ1) is 16.2. The van der Waals surface area contributed by atoms with Crippen LogP contribution < -0.4 is 5.56 Å². The van der Waals surface area contributed by atoms with Gasteiger partial charge in [0.05, 0.1) is 18.7 Å². The first-order valence-corrected chi connectivity index (χ1v) is 8.76. The van der Waals surface area contributed by atoms with Gasteiger partial charge in [0.25, 0.3) is 5.56 Å². The topological polar surface area (TPSA) is 57.5 Å². The SMILES string of the molecule is CCn1c(=O)cc(C2=CCC3(CC2)OCCO3)c2cc(C=O)ccc21. The molecule has 1 aromatic heterocycles. The van der Waals surface area contributed by atoms with Gasteiger partial charge in [0.1, 0.15) is 6.29 Å². The molecule has 5 heteroatoms. The van der Waals surface area contributed by atoms with Gasteiger partial charge in [0.2, 0.25) is 0 Å². The van der Waals surface area contributed by atoms with Crippen LogP contribution in [0.1, 0.15) is 42.1 Å². The second-order valence-electron chi connectivity index (χ2n) is 6.58. The number of ether oxygens (including phenoxy) is 2. The van der Waals surface area contributed by atoms with Gasteiger partial charge in [-0.2, -0.15) is 0 Å². The molecule has 2 heterocycles. The highest BCUT2D eigenvalue weighted by atomic mass is 16.7. The maximum atomic E-state index is 12.5. The van der Waals surface area contributed by atoms with Crippen molar-refractivity contribution in [3.63, 3.8) is 0 Å². The van der Waals surface area contributed by atoms with Gasteiger partial charge >= 0.3 is 0 Å². The maximum absolute atomic E-state index is 12.5. The quantitative estimate of drug-likeness (QED) is 0.806. The minimum absolute atomic E-state index is 0.0154. The van der Waals surface area contributed by atoms with E-state index >= 15 is 0 Å². The number of aryl methyl sites for hydroxylation is 1. The van der Waals surface area contributed by atoms with Crippen LogP contribution in [0.2, 0.25) is 0 Å². The van der Waals surface area contributed by atoms with E-state index in [1.807, 2.05) is 19.1 Å². The predicted octanol–water partition coefficient (Wildman–Crippen LogP) is 3.14. The molecule has 5 nitrogen and oxygen atoms in total. The third-order valence-electron chi connectivity index (χ3n) is 5.18. The van der Waals surface area contributed by atoms with Crippen LogP contribution in [0.4, 0.5) is 0 Å². The van der Waals surface area contributed by atoms with Crippen LogP contribution in [-0.2, 0) is 16.0 Å². The van der Waals surface area contributed by atoms with Crippen LogP contribution in [0.15, 0.2) is 35.1 Å². The lowest BCUT2D eigenvalue weighted by atomic mass is 9.88. The average molecular weight is 339 g/mol. The minimum atomic E-state index is -0.480. The van der Waals surface area contributed by atoms with Gasteiger partial charge < -0.3 is 14.0 Å². The Labute approximate surface area is 145 Å². The van der Waals surface area contributed by atoms with E-state index in [1.165, 1.54) is 0 Å². The molecule has 1 aliphatic heterocycles. The van der Waals surface area contributed by atoms with Crippen LogP contribution in [0.5, 0.6) is 0 Å². The molecule has 1 spiro atoms. The van der Waals surface area contributed by atoms with Crippen molar-refractivity contribution in [3.8, 4) is 0 Å². The number of pyridine rings is 1. The van der Waals surface area contributed by atoms with Crippen molar-refractivity contribution in [1.29, 1.82) is 0 Å². The van der Waals surface area contributed by atoms with E-state index in [0.29, 0.717) is 31.7 Å². The first-order valence-electron chi connectivity index (χ1n) is 8.76. The Bertz CT molecular complexity index is 919. The van der Waals surface area contributed by atoms with Crippen molar-refractivity contribution in [3.05, 3.63) is 51.8 Å². The zero-order valence-corrected chi connectivity index (χ0v) is 14.3. The van der Waals surface area contributed by atoms with E-state index < -0.39 is 5.79 Å². The van der Waals surface area contributed by atoms with Gasteiger partial charge in [0, 0.05) is 36.4 Å². The molecule has 130 valence electrons. The summed E-state index contributed by atoms with van der Waals surface area (Å²) in [5, 5.41) is 0.946. The number of rotatable bonds is 3. The van der Waals surface area contributed by atoms with Crippen molar-refractivity contribution in [1.82, 2.24) is 4.57 Å². The summed E-state index contributed by atoms with van der Waals surface area (Å²) in [6.07, 6.45) is 5.22. The zero-order valence-electron chi connectivity index (χ0n) is 14.3. The molecule has 0 unspecified atom stereocenters. The molecule has 0 radical (unpaired) electrons. The van der Waals surface area contributed by atoms with Gasteiger partial charge in [0.15, 0.2) is 5.79 Å². The fourth-order valence-electron chi connectivity index (χ4n) is 3.88. The molecule has 25 heavy (non-hydrogen) atoms. The molecule has 1 aliphatic carbocycles. The Morgan fingerprint density at radius 2 is 2.04 bits per heavy atom. The molecule has 1 saturated heterocycles. The summed E-state index contributed by atoms with van der Waals surface area (Å²) in [6.45, 7) is 3.83. The van der Waals surface area contributed by atoms with E-state index in [4.69, 9.17) is 9.47 Å². The highest BCUT2D eigenvalue weighted by Gasteiger charge is 2.37. The average Bonchev–Trinajstić information content (AvgIpc) is 3.09. The largest absolute Gasteiger partial charge is 0.347 e. The number of aromatic nitrogens is 1. The second-order valence-corrected chi connectivity index (χ2v) is 6.58. The van der Waals surface area contributed by atoms with Gasteiger partial charge in [-0.25, -0.2) is 0 Å². The van der Waals surface area contributed by atoms with Crippen molar-refractivity contribution in [2.45, 2.75) is 38.5 Å². The molecule has 4 rings (SSSR count). The third-order valence-corrected chi connectivity index (χ3v) is 5.18. The molecule has 0 bridgehead atoms. The van der Waals surface area contributed by atoms with Crippen molar-refractivity contribution < 1.29 is 14.3 Å². The lowest BCUT2D eigenvalue weighted by Gasteiger charge is -2.31. The van der Waals surface area contributed by atoms with Crippen molar-refractivity contribution in [2.24, 2.45) is 0 Å². The Morgan fingerprint density at radius 3 is 2.68 bits per heavy atom. The molecule has 1 aromatic carbocycles. The zero-order chi connectivity index (χ0) is 17.4. The monoisotopic (exact) mass is 339 g/mol. The Hall–Kier alpha value is -2.24.